The van der Waals surface area contributed by atoms with Gasteiger partial charge >= 0.3 is 0 Å². The van der Waals surface area contributed by atoms with Gasteiger partial charge in [-0.05, 0) is 56.5 Å². The summed E-state index contributed by atoms with van der Waals surface area (Å²) in [6, 6.07) is 8.90. The minimum absolute atomic E-state index is 0.926. The molecule has 0 saturated carbocycles. The maximum atomic E-state index is 5.81. The summed E-state index contributed by atoms with van der Waals surface area (Å²) in [5, 5.41) is 0. The molecule has 0 spiro atoms. The van der Waals surface area contributed by atoms with Crippen LogP contribution in [0.4, 0.5) is 5.69 Å². The normalized spacial score (nSPS) is 16.3. The van der Waals surface area contributed by atoms with E-state index in [-0.39, 0.29) is 0 Å². The van der Waals surface area contributed by atoms with Crippen LogP contribution in [0.15, 0.2) is 28.7 Å². The number of aryl methyl sites for hydroxylation is 4. The van der Waals surface area contributed by atoms with Crippen LogP contribution >= 0.6 is 0 Å². The van der Waals surface area contributed by atoms with Crippen LogP contribution in [0, 0.1) is 27.7 Å². The monoisotopic (exact) mass is 298 g/mol. The molecule has 3 heteroatoms. The zero-order valence-corrected chi connectivity index (χ0v) is 14.1. The Bertz CT molecular complexity index is 632. The van der Waals surface area contributed by atoms with E-state index in [0.29, 0.717) is 0 Å². The van der Waals surface area contributed by atoms with Crippen LogP contribution in [0.25, 0.3) is 0 Å². The number of anilines is 1. The number of hydrogen-bond donors (Lipinski definition) is 0. The van der Waals surface area contributed by atoms with E-state index in [9.17, 15) is 0 Å². The first-order valence-corrected chi connectivity index (χ1v) is 8.13. The summed E-state index contributed by atoms with van der Waals surface area (Å²) in [7, 11) is 0. The minimum atomic E-state index is 0.926. The van der Waals surface area contributed by atoms with E-state index in [1.807, 2.05) is 6.92 Å². The summed E-state index contributed by atoms with van der Waals surface area (Å²) in [6.45, 7) is 13.8. The van der Waals surface area contributed by atoms with Gasteiger partial charge in [-0.15, -0.1) is 0 Å². The van der Waals surface area contributed by atoms with Crippen molar-refractivity contribution < 1.29 is 4.42 Å². The van der Waals surface area contributed by atoms with Crippen LogP contribution in [-0.4, -0.2) is 31.1 Å². The summed E-state index contributed by atoms with van der Waals surface area (Å²) in [5.41, 5.74) is 5.36. The van der Waals surface area contributed by atoms with E-state index in [1.54, 1.807) is 0 Å². The van der Waals surface area contributed by atoms with E-state index in [4.69, 9.17) is 4.42 Å². The zero-order valence-electron chi connectivity index (χ0n) is 14.1. The van der Waals surface area contributed by atoms with E-state index in [1.165, 1.54) is 22.4 Å². The van der Waals surface area contributed by atoms with Crippen molar-refractivity contribution in [3.05, 3.63) is 52.5 Å². The third-order valence-corrected chi connectivity index (χ3v) is 4.67. The molecule has 3 nitrogen and oxygen atoms in total. The third kappa shape index (κ3) is 3.20. The lowest BCUT2D eigenvalue weighted by molar-refractivity contribution is 0.229. The van der Waals surface area contributed by atoms with Gasteiger partial charge in [0, 0.05) is 31.9 Å². The molecule has 0 N–H and O–H groups in total. The highest BCUT2D eigenvalue weighted by Crippen LogP contribution is 2.23. The van der Waals surface area contributed by atoms with Gasteiger partial charge in [-0.3, -0.25) is 4.90 Å². The second-order valence-corrected chi connectivity index (χ2v) is 6.51. The Kier molecular flexibility index (Phi) is 4.25. The lowest BCUT2D eigenvalue weighted by atomic mass is 10.1. The van der Waals surface area contributed by atoms with Crippen molar-refractivity contribution in [1.29, 1.82) is 0 Å². The quantitative estimate of drug-likeness (QED) is 0.858. The Morgan fingerprint density at radius 3 is 2.27 bits per heavy atom. The van der Waals surface area contributed by atoms with Gasteiger partial charge in [0.2, 0.25) is 0 Å². The average Bonchev–Trinajstić information content (AvgIpc) is 2.81. The van der Waals surface area contributed by atoms with Crippen LogP contribution in [0.1, 0.15) is 28.2 Å². The van der Waals surface area contributed by atoms with Crippen molar-refractivity contribution in [2.45, 2.75) is 34.2 Å². The molecule has 1 saturated heterocycles. The molecular formula is C19H26N2O. The Hall–Kier alpha value is -1.74. The van der Waals surface area contributed by atoms with Gasteiger partial charge in [0.1, 0.15) is 11.5 Å². The highest BCUT2D eigenvalue weighted by Gasteiger charge is 2.19. The summed E-state index contributed by atoms with van der Waals surface area (Å²) in [6.07, 6.45) is 0. The summed E-state index contributed by atoms with van der Waals surface area (Å²) < 4.78 is 5.81. The third-order valence-electron chi connectivity index (χ3n) is 4.67. The van der Waals surface area contributed by atoms with Crippen molar-refractivity contribution in [3.8, 4) is 0 Å². The zero-order chi connectivity index (χ0) is 15.7. The highest BCUT2D eigenvalue weighted by molar-refractivity contribution is 5.55. The average molecular weight is 298 g/mol. The number of nitrogens with zero attached hydrogens (tertiary/aromatic N) is 2. The molecule has 0 atom stereocenters. The predicted octanol–water partition coefficient (Wildman–Crippen LogP) is 3.84. The van der Waals surface area contributed by atoms with Crippen LogP contribution in [0.2, 0.25) is 0 Å². The Balaban J connectivity index is 1.61. The molecule has 0 radical (unpaired) electrons. The number of hydrogen-bond acceptors (Lipinski definition) is 3. The molecule has 1 aliphatic rings. The molecule has 2 aromatic rings. The molecule has 1 aliphatic heterocycles. The summed E-state index contributed by atoms with van der Waals surface area (Å²) >= 11 is 0. The molecule has 0 aliphatic carbocycles. The molecule has 22 heavy (non-hydrogen) atoms. The minimum Gasteiger partial charge on any atom is -0.465 e. The maximum absolute atomic E-state index is 5.81. The number of benzene rings is 1. The van der Waals surface area contributed by atoms with Gasteiger partial charge in [0.25, 0.3) is 0 Å². The van der Waals surface area contributed by atoms with Crippen LogP contribution < -0.4 is 4.90 Å². The van der Waals surface area contributed by atoms with Gasteiger partial charge in [-0.1, -0.05) is 12.1 Å². The molecule has 0 bridgehead atoms. The molecule has 0 unspecified atom stereocenters. The van der Waals surface area contributed by atoms with Gasteiger partial charge < -0.3 is 9.32 Å². The summed E-state index contributed by atoms with van der Waals surface area (Å²) in [5.74, 6) is 2.14. The van der Waals surface area contributed by atoms with Crippen molar-refractivity contribution in [3.63, 3.8) is 0 Å². The van der Waals surface area contributed by atoms with Crippen LogP contribution in [0.3, 0.4) is 0 Å². The predicted molar refractivity (Wildman–Crippen MR) is 91.6 cm³/mol. The molecule has 0 amide bonds. The summed E-state index contributed by atoms with van der Waals surface area (Å²) in [4.78, 5) is 5.00. The largest absolute Gasteiger partial charge is 0.465 e. The Labute approximate surface area is 133 Å². The van der Waals surface area contributed by atoms with Crippen molar-refractivity contribution in [2.75, 3.05) is 31.1 Å². The van der Waals surface area contributed by atoms with Gasteiger partial charge in [0.05, 0.1) is 6.54 Å². The highest BCUT2D eigenvalue weighted by atomic mass is 16.3. The second-order valence-electron chi connectivity index (χ2n) is 6.51. The maximum Gasteiger partial charge on any atom is 0.118 e. The molecule has 118 valence electrons. The van der Waals surface area contributed by atoms with E-state index < -0.39 is 0 Å². The molecule has 1 aromatic carbocycles. The van der Waals surface area contributed by atoms with E-state index >= 15 is 0 Å². The first-order chi connectivity index (χ1) is 10.5. The fraction of sp³-hybridized carbons (Fsp3) is 0.474. The molecule has 1 fully saturated rings. The molecular weight excluding hydrogens is 272 g/mol. The fourth-order valence-corrected chi connectivity index (χ4v) is 3.16. The van der Waals surface area contributed by atoms with Crippen LogP contribution in [0.5, 0.6) is 0 Å². The lowest BCUT2D eigenvalue weighted by Gasteiger charge is -2.36. The first-order valence-electron chi connectivity index (χ1n) is 8.13. The smallest absolute Gasteiger partial charge is 0.118 e. The number of furan rings is 1. The Morgan fingerprint density at radius 1 is 0.909 bits per heavy atom. The second kappa shape index (κ2) is 6.17. The molecule has 1 aromatic heterocycles. The standard InChI is InChI=1S/C19H26N2O/c1-14-5-6-15(2)19(11-14)21-9-7-20(8-10-21)13-18-12-16(3)17(4)22-18/h5-6,11-12H,7-10,13H2,1-4H3. The van der Waals surface area contributed by atoms with E-state index in [2.05, 4.69) is 54.8 Å². The topological polar surface area (TPSA) is 19.6 Å². The SMILES string of the molecule is Cc1ccc(C)c(N2CCN(Cc3cc(C)c(C)o3)CC2)c1. The fourth-order valence-electron chi connectivity index (χ4n) is 3.16. The number of rotatable bonds is 3. The first kappa shape index (κ1) is 15.2. The van der Waals surface area contributed by atoms with Gasteiger partial charge in [0.15, 0.2) is 0 Å². The molecule has 3 rings (SSSR count). The van der Waals surface area contributed by atoms with Crippen molar-refractivity contribution in [2.24, 2.45) is 0 Å². The van der Waals surface area contributed by atoms with Gasteiger partial charge in [-0.25, -0.2) is 0 Å². The van der Waals surface area contributed by atoms with Crippen molar-refractivity contribution >= 4 is 5.69 Å². The van der Waals surface area contributed by atoms with Crippen LogP contribution in [-0.2, 0) is 6.54 Å². The van der Waals surface area contributed by atoms with E-state index in [0.717, 1.165) is 44.2 Å². The van der Waals surface area contributed by atoms with Crippen molar-refractivity contribution in [1.82, 2.24) is 4.90 Å². The van der Waals surface area contributed by atoms with Gasteiger partial charge in [-0.2, -0.15) is 0 Å². The Morgan fingerprint density at radius 2 is 1.64 bits per heavy atom. The molecule has 2 heterocycles. The number of piperazine rings is 1. The lowest BCUT2D eigenvalue weighted by Crippen LogP contribution is -2.46.